The molecule has 2 amide bonds. The van der Waals surface area contributed by atoms with Crippen LogP contribution in [-0.4, -0.2) is 28.7 Å². The Morgan fingerprint density at radius 2 is 1.87 bits per heavy atom. The van der Waals surface area contributed by atoms with Gasteiger partial charge in [-0.05, 0) is 19.1 Å². The summed E-state index contributed by atoms with van der Waals surface area (Å²) in [7, 11) is 3.00. The van der Waals surface area contributed by atoms with Crippen LogP contribution in [-0.2, 0) is 16.6 Å². The number of nitrogens with zero attached hydrogens (tertiary/aromatic N) is 2. The van der Waals surface area contributed by atoms with Crippen LogP contribution in [0.1, 0.15) is 5.69 Å². The summed E-state index contributed by atoms with van der Waals surface area (Å²) in [5, 5.41) is 8.45. The summed E-state index contributed by atoms with van der Waals surface area (Å²) >= 11 is 0. The van der Waals surface area contributed by atoms with Crippen molar-refractivity contribution >= 4 is 23.2 Å². The third kappa shape index (κ3) is 3.44. The number of aromatic nitrogens is 2. The van der Waals surface area contributed by atoms with Gasteiger partial charge in [-0.25, -0.2) is 13.5 Å². The van der Waals surface area contributed by atoms with Crippen molar-refractivity contribution in [1.29, 1.82) is 0 Å². The van der Waals surface area contributed by atoms with Crippen molar-refractivity contribution in [3.63, 3.8) is 0 Å². The lowest BCUT2D eigenvalue weighted by Crippen LogP contribution is -2.29. The number of anilines is 2. The van der Waals surface area contributed by atoms with Crippen molar-refractivity contribution in [3.8, 4) is 5.88 Å². The van der Waals surface area contributed by atoms with Crippen molar-refractivity contribution in [2.45, 2.75) is 6.92 Å². The molecule has 0 unspecified atom stereocenters. The molecule has 0 spiro atoms. The van der Waals surface area contributed by atoms with Crippen LogP contribution in [0.15, 0.2) is 18.2 Å². The first kappa shape index (κ1) is 16.4. The van der Waals surface area contributed by atoms with Crippen LogP contribution in [0, 0.1) is 18.6 Å². The standard InChI is InChI=1S/C14H14F2N4O3/c1-7-11(14(23-3)20(2)19-7)18-13(22)12(21)17-10-5-4-8(15)6-9(10)16/h4-6H,1-3H3,(H,17,21)(H,18,22). The molecule has 23 heavy (non-hydrogen) atoms. The second kappa shape index (κ2) is 6.42. The summed E-state index contributed by atoms with van der Waals surface area (Å²) in [5.41, 5.74) is 0.370. The molecule has 0 saturated heterocycles. The van der Waals surface area contributed by atoms with Gasteiger partial charge in [0.1, 0.15) is 17.3 Å². The molecule has 1 aromatic carbocycles. The number of hydrogen-bond donors (Lipinski definition) is 2. The van der Waals surface area contributed by atoms with Crippen LogP contribution in [0.3, 0.4) is 0 Å². The van der Waals surface area contributed by atoms with Gasteiger partial charge in [0.15, 0.2) is 0 Å². The summed E-state index contributed by atoms with van der Waals surface area (Å²) in [6.45, 7) is 1.62. The normalized spacial score (nSPS) is 10.3. The molecule has 1 aromatic heterocycles. The number of nitrogens with one attached hydrogen (secondary N) is 2. The fraction of sp³-hybridized carbons (Fsp3) is 0.214. The number of benzene rings is 1. The van der Waals surface area contributed by atoms with E-state index in [4.69, 9.17) is 4.74 Å². The fourth-order valence-electron chi connectivity index (χ4n) is 1.96. The minimum atomic E-state index is -1.11. The Balaban J connectivity index is 2.13. The molecular weight excluding hydrogens is 310 g/mol. The molecule has 2 N–H and O–H groups in total. The molecule has 9 heteroatoms. The maximum Gasteiger partial charge on any atom is 0.314 e. The van der Waals surface area contributed by atoms with Gasteiger partial charge >= 0.3 is 11.8 Å². The van der Waals surface area contributed by atoms with Crippen molar-refractivity contribution in [3.05, 3.63) is 35.5 Å². The van der Waals surface area contributed by atoms with Gasteiger partial charge in [-0.1, -0.05) is 0 Å². The van der Waals surface area contributed by atoms with Crippen LogP contribution in [0.4, 0.5) is 20.2 Å². The number of methoxy groups -OCH3 is 1. The van der Waals surface area contributed by atoms with E-state index in [0.717, 1.165) is 12.1 Å². The fourth-order valence-corrected chi connectivity index (χ4v) is 1.96. The van der Waals surface area contributed by atoms with Crippen molar-refractivity contribution in [2.24, 2.45) is 7.05 Å². The monoisotopic (exact) mass is 324 g/mol. The average Bonchev–Trinajstić information content (AvgIpc) is 2.75. The van der Waals surface area contributed by atoms with Crippen molar-refractivity contribution < 1.29 is 23.1 Å². The van der Waals surface area contributed by atoms with E-state index in [1.165, 1.54) is 11.8 Å². The van der Waals surface area contributed by atoms with E-state index in [2.05, 4.69) is 15.7 Å². The van der Waals surface area contributed by atoms with E-state index in [1.54, 1.807) is 14.0 Å². The van der Waals surface area contributed by atoms with Crippen LogP contribution in [0.2, 0.25) is 0 Å². The summed E-state index contributed by atoms with van der Waals surface area (Å²) in [6.07, 6.45) is 0. The lowest BCUT2D eigenvalue weighted by Gasteiger charge is -2.08. The molecule has 0 saturated carbocycles. The summed E-state index contributed by atoms with van der Waals surface area (Å²) in [6, 6.07) is 2.58. The lowest BCUT2D eigenvalue weighted by atomic mass is 10.3. The van der Waals surface area contributed by atoms with Gasteiger partial charge in [0.25, 0.3) is 0 Å². The molecule has 0 fully saturated rings. The number of aryl methyl sites for hydroxylation is 2. The summed E-state index contributed by atoms with van der Waals surface area (Å²) in [5.74, 6) is -3.66. The molecule has 122 valence electrons. The third-order valence-corrected chi connectivity index (χ3v) is 2.99. The number of carbonyl (C=O) groups is 2. The Morgan fingerprint density at radius 3 is 2.48 bits per heavy atom. The van der Waals surface area contributed by atoms with Crippen LogP contribution < -0.4 is 15.4 Å². The Morgan fingerprint density at radius 1 is 1.22 bits per heavy atom. The Bertz CT molecular complexity index is 774. The molecule has 0 radical (unpaired) electrons. The maximum atomic E-state index is 13.5. The van der Waals surface area contributed by atoms with E-state index in [9.17, 15) is 18.4 Å². The number of amides is 2. The molecule has 0 aliphatic heterocycles. The molecule has 0 aliphatic rings. The highest BCUT2D eigenvalue weighted by atomic mass is 19.1. The van der Waals surface area contributed by atoms with E-state index < -0.39 is 23.4 Å². The number of hydrogen-bond acceptors (Lipinski definition) is 4. The first-order chi connectivity index (χ1) is 10.8. The maximum absolute atomic E-state index is 13.5. The molecule has 7 nitrogen and oxygen atoms in total. The van der Waals surface area contributed by atoms with Gasteiger partial charge in [0.05, 0.1) is 18.5 Å². The van der Waals surface area contributed by atoms with E-state index in [-0.39, 0.29) is 17.3 Å². The Labute approximate surface area is 130 Å². The van der Waals surface area contributed by atoms with E-state index >= 15 is 0 Å². The van der Waals surface area contributed by atoms with Gasteiger partial charge in [-0.15, -0.1) is 0 Å². The first-order valence-electron chi connectivity index (χ1n) is 6.48. The zero-order chi connectivity index (χ0) is 17.1. The molecule has 0 bridgehead atoms. The SMILES string of the molecule is COc1c(NC(=O)C(=O)Nc2ccc(F)cc2F)c(C)nn1C. The second-order valence-electron chi connectivity index (χ2n) is 4.63. The molecule has 1 heterocycles. The van der Waals surface area contributed by atoms with Gasteiger partial charge in [0.2, 0.25) is 5.88 Å². The molecule has 0 aliphatic carbocycles. The third-order valence-electron chi connectivity index (χ3n) is 2.99. The quantitative estimate of drug-likeness (QED) is 0.840. The van der Waals surface area contributed by atoms with E-state index in [1.807, 2.05) is 0 Å². The number of carbonyl (C=O) groups excluding carboxylic acids is 2. The predicted molar refractivity (Wildman–Crippen MR) is 78.1 cm³/mol. The first-order valence-corrected chi connectivity index (χ1v) is 6.48. The zero-order valence-corrected chi connectivity index (χ0v) is 12.6. The van der Waals surface area contributed by atoms with Gasteiger partial charge in [-0.3, -0.25) is 9.59 Å². The Kier molecular flexibility index (Phi) is 4.58. The minimum Gasteiger partial charge on any atom is -0.480 e. The van der Waals surface area contributed by atoms with E-state index in [0.29, 0.717) is 11.8 Å². The van der Waals surface area contributed by atoms with Crippen molar-refractivity contribution in [1.82, 2.24) is 9.78 Å². The largest absolute Gasteiger partial charge is 0.480 e. The highest BCUT2D eigenvalue weighted by Crippen LogP contribution is 2.27. The summed E-state index contributed by atoms with van der Waals surface area (Å²) in [4.78, 5) is 23.7. The molecule has 2 rings (SSSR count). The number of ether oxygens (including phenoxy) is 1. The van der Waals surface area contributed by atoms with Gasteiger partial charge in [-0.2, -0.15) is 5.10 Å². The van der Waals surface area contributed by atoms with Crippen LogP contribution in [0.5, 0.6) is 5.88 Å². The van der Waals surface area contributed by atoms with Crippen LogP contribution >= 0.6 is 0 Å². The lowest BCUT2D eigenvalue weighted by molar-refractivity contribution is -0.133. The van der Waals surface area contributed by atoms with Crippen molar-refractivity contribution in [2.75, 3.05) is 17.7 Å². The highest BCUT2D eigenvalue weighted by molar-refractivity contribution is 6.43. The smallest absolute Gasteiger partial charge is 0.314 e. The number of rotatable bonds is 3. The molecule has 0 atom stereocenters. The topological polar surface area (TPSA) is 85.2 Å². The Hall–Kier alpha value is -2.97. The molecule has 2 aromatic rings. The molecular formula is C14H14F2N4O3. The zero-order valence-electron chi connectivity index (χ0n) is 12.6. The summed E-state index contributed by atoms with van der Waals surface area (Å²) < 4.78 is 32.7. The van der Waals surface area contributed by atoms with Gasteiger partial charge < -0.3 is 15.4 Å². The average molecular weight is 324 g/mol. The number of halogens is 2. The highest BCUT2D eigenvalue weighted by Gasteiger charge is 2.21. The van der Waals surface area contributed by atoms with Crippen LogP contribution in [0.25, 0.3) is 0 Å². The van der Waals surface area contributed by atoms with Gasteiger partial charge in [0, 0.05) is 13.1 Å². The minimum absolute atomic E-state index is 0.231. The second-order valence-corrected chi connectivity index (χ2v) is 4.63. The predicted octanol–water partition coefficient (Wildman–Crippen LogP) is 1.59.